The number of aromatic nitrogens is 1. The lowest BCUT2D eigenvalue weighted by molar-refractivity contribution is -0.141. The highest BCUT2D eigenvalue weighted by atomic mass is 19.4. The lowest BCUT2D eigenvalue weighted by Gasteiger charge is -2.23. The third kappa shape index (κ3) is 2.52. The van der Waals surface area contributed by atoms with Gasteiger partial charge in [-0.25, -0.2) is 0 Å². The van der Waals surface area contributed by atoms with E-state index in [0.717, 1.165) is 37.4 Å². The van der Waals surface area contributed by atoms with E-state index in [2.05, 4.69) is 10.3 Å². The van der Waals surface area contributed by atoms with Gasteiger partial charge in [-0.3, -0.25) is 4.98 Å². The van der Waals surface area contributed by atoms with E-state index in [0.29, 0.717) is 0 Å². The predicted molar refractivity (Wildman–Crippen MR) is 53.8 cm³/mol. The van der Waals surface area contributed by atoms with Crippen LogP contribution < -0.4 is 5.32 Å². The predicted octanol–water partition coefficient (Wildman–Crippen LogP) is 2.92. The fourth-order valence-corrected chi connectivity index (χ4v) is 1.92. The first-order valence-electron chi connectivity index (χ1n) is 5.34. The second-order valence-corrected chi connectivity index (χ2v) is 3.98. The van der Waals surface area contributed by atoms with E-state index in [4.69, 9.17) is 0 Å². The van der Waals surface area contributed by atoms with Crippen LogP contribution in [0.1, 0.15) is 36.6 Å². The summed E-state index contributed by atoms with van der Waals surface area (Å²) in [5.74, 6) is 0. The molecule has 5 heteroatoms. The molecule has 0 unspecified atom stereocenters. The highest BCUT2D eigenvalue weighted by Gasteiger charge is 2.32. The fraction of sp³-hybridized carbons (Fsp3) is 0.545. The first kappa shape index (κ1) is 11.4. The standard InChI is InChI=1S/C11H13F3N2/c12-11(13,14)10-5-4-8(7-16-10)9-3-1-2-6-15-9/h4-5,7,9,15H,1-3,6H2/t9-/m1/s1. The monoisotopic (exact) mass is 230 g/mol. The van der Waals surface area contributed by atoms with Crippen LogP contribution in [0.3, 0.4) is 0 Å². The number of alkyl halides is 3. The molecule has 1 aromatic rings. The van der Waals surface area contributed by atoms with E-state index in [1.807, 2.05) is 0 Å². The van der Waals surface area contributed by atoms with E-state index >= 15 is 0 Å². The van der Waals surface area contributed by atoms with Gasteiger partial charge >= 0.3 is 6.18 Å². The molecule has 0 aliphatic carbocycles. The molecule has 1 aliphatic heterocycles. The molecule has 0 spiro atoms. The van der Waals surface area contributed by atoms with Gasteiger partial charge in [0, 0.05) is 12.2 Å². The molecule has 0 radical (unpaired) electrons. The van der Waals surface area contributed by atoms with Gasteiger partial charge in [-0.15, -0.1) is 0 Å². The van der Waals surface area contributed by atoms with Crippen LogP contribution in [0.5, 0.6) is 0 Å². The number of hydrogen-bond acceptors (Lipinski definition) is 2. The molecule has 2 heterocycles. The molecule has 1 atom stereocenters. The van der Waals surface area contributed by atoms with Crippen LogP contribution in [0.4, 0.5) is 13.2 Å². The van der Waals surface area contributed by atoms with Gasteiger partial charge in [0.15, 0.2) is 0 Å². The summed E-state index contributed by atoms with van der Waals surface area (Å²) in [4.78, 5) is 3.46. The smallest absolute Gasteiger partial charge is 0.310 e. The third-order valence-corrected chi connectivity index (χ3v) is 2.79. The highest BCUT2D eigenvalue weighted by Crippen LogP contribution is 2.29. The Balaban J connectivity index is 2.12. The Morgan fingerprint density at radius 1 is 1.25 bits per heavy atom. The molecule has 88 valence electrons. The molecular formula is C11H13F3N2. The molecule has 2 rings (SSSR count). The Kier molecular flexibility index (Phi) is 3.14. The lowest BCUT2D eigenvalue weighted by atomic mass is 9.99. The van der Waals surface area contributed by atoms with Crippen molar-refractivity contribution < 1.29 is 13.2 Å². The number of nitrogens with zero attached hydrogens (tertiary/aromatic N) is 1. The summed E-state index contributed by atoms with van der Waals surface area (Å²) >= 11 is 0. The minimum Gasteiger partial charge on any atom is -0.310 e. The van der Waals surface area contributed by atoms with Gasteiger partial charge in [-0.05, 0) is 31.0 Å². The highest BCUT2D eigenvalue weighted by molar-refractivity contribution is 5.19. The van der Waals surface area contributed by atoms with Crippen LogP contribution in [0.25, 0.3) is 0 Å². The van der Waals surface area contributed by atoms with Crippen molar-refractivity contribution in [2.75, 3.05) is 6.54 Å². The summed E-state index contributed by atoms with van der Waals surface area (Å²) in [7, 11) is 0. The molecular weight excluding hydrogens is 217 g/mol. The van der Waals surface area contributed by atoms with Gasteiger partial charge in [-0.2, -0.15) is 13.2 Å². The minimum absolute atomic E-state index is 0.156. The summed E-state index contributed by atoms with van der Waals surface area (Å²) in [6.45, 7) is 0.922. The van der Waals surface area contributed by atoms with Crippen molar-refractivity contribution in [3.05, 3.63) is 29.6 Å². The maximum absolute atomic E-state index is 12.3. The van der Waals surface area contributed by atoms with Crippen LogP contribution in [-0.2, 0) is 6.18 Å². The van der Waals surface area contributed by atoms with Crippen molar-refractivity contribution in [2.45, 2.75) is 31.5 Å². The summed E-state index contributed by atoms with van der Waals surface area (Å²) in [5.41, 5.74) is 0.0137. The third-order valence-electron chi connectivity index (χ3n) is 2.79. The average molecular weight is 230 g/mol. The molecule has 1 N–H and O–H groups in total. The van der Waals surface area contributed by atoms with Gasteiger partial charge in [-0.1, -0.05) is 12.5 Å². The Morgan fingerprint density at radius 2 is 2.06 bits per heavy atom. The topological polar surface area (TPSA) is 24.9 Å². The summed E-state index contributed by atoms with van der Waals surface area (Å²) in [5, 5.41) is 3.27. The Labute approximate surface area is 91.9 Å². The first-order chi connectivity index (χ1) is 7.57. The van der Waals surface area contributed by atoms with Crippen LogP contribution >= 0.6 is 0 Å². The van der Waals surface area contributed by atoms with Crippen molar-refractivity contribution in [2.24, 2.45) is 0 Å². The molecule has 0 amide bonds. The molecule has 1 saturated heterocycles. The SMILES string of the molecule is FC(F)(F)c1ccc([C@H]2CCCCN2)cn1. The number of piperidine rings is 1. The molecule has 0 saturated carbocycles. The van der Waals surface area contributed by atoms with Crippen molar-refractivity contribution in [1.82, 2.24) is 10.3 Å². The van der Waals surface area contributed by atoms with Crippen LogP contribution in [0.15, 0.2) is 18.3 Å². The largest absolute Gasteiger partial charge is 0.433 e. The minimum atomic E-state index is -4.35. The van der Waals surface area contributed by atoms with Crippen molar-refractivity contribution >= 4 is 0 Å². The van der Waals surface area contributed by atoms with Crippen LogP contribution in [0, 0.1) is 0 Å². The zero-order valence-electron chi connectivity index (χ0n) is 8.72. The van der Waals surface area contributed by atoms with Gasteiger partial charge < -0.3 is 5.32 Å². The fourth-order valence-electron chi connectivity index (χ4n) is 1.92. The zero-order valence-corrected chi connectivity index (χ0v) is 8.72. The molecule has 0 bridgehead atoms. The van der Waals surface area contributed by atoms with Gasteiger partial charge in [0.05, 0.1) is 0 Å². The number of hydrogen-bond donors (Lipinski definition) is 1. The normalized spacial score (nSPS) is 22.1. The maximum Gasteiger partial charge on any atom is 0.433 e. The second-order valence-electron chi connectivity index (χ2n) is 3.98. The molecule has 1 aliphatic rings. The van der Waals surface area contributed by atoms with E-state index in [1.54, 1.807) is 0 Å². The zero-order chi connectivity index (χ0) is 11.6. The van der Waals surface area contributed by atoms with Crippen molar-refractivity contribution in [3.8, 4) is 0 Å². The van der Waals surface area contributed by atoms with Gasteiger partial charge in [0.2, 0.25) is 0 Å². The molecule has 0 aromatic carbocycles. The summed E-state index contributed by atoms with van der Waals surface area (Å²) in [6, 6.07) is 2.72. The quantitative estimate of drug-likeness (QED) is 0.802. The Morgan fingerprint density at radius 3 is 2.56 bits per heavy atom. The van der Waals surface area contributed by atoms with E-state index in [1.165, 1.54) is 12.3 Å². The number of rotatable bonds is 1. The number of nitrogens with one attached hydrogen (secondary N) is 1. The van der Waals surface area contributed by atoms with Crippen LogP contribution in [-0.4, -0.2) is 11.5 Å². The first-order valence-corrected chi connectivity index (χ1v) is 5.34. The average Bonchev–Trinajstić information content (AvgIpc) is 2.29. The molecule has 2 nitrogen and oxygen atoms in total. The Bertz CT molecular complexity index is 339. The van der Waals surface area contributed by atoms with Gasteiger partial charge in [0.25, 0.3) is 0 Å². The van der Waals surface area contributed by atoms with Gasteiger partial charge in [0.1, 0.15) is 5.69 Å². The van der Waals surface area contributed by atoms with E-state index in [-0.39, 0.29) is 6.04 Å². The maximum atomic E-state index is 12.3. The lowest BCUT2D eigenvalue weighted by Crippen LogP contribution is -2.27. The number of halogens is 3. The Hall–Kier alpha value is -1.10. The summed E-state index contributed by atoms with van der Waals surface area (Å²) in [6.07, 6.45) is 0.181. The molecule has 1 aromatic heterocycles. The molecule has 16 heavy (non-hydrogen) atoms. The van der Waals surface area contributed by atoms with E-state index < -0.39 is 11.9 Å². The molecule has 1 fully saturated rings. The van der Waals surface area contributed by atoms with Crippen molar-refractivity contribution in [3.63, 3.8) is 0 Å². The number of pyridine rings is 1. The van der Waals surface area contributed by atoms with Crippen molar-refractivity contribution in [1.29, 1.82) is 0 Å². The van der Waals surface area contributed by atoms with E-state index in [9.17, 15) is 13.2 Å². The van der Waals surface area contributed by atoms with Crippen LogP contribution in [0.2, 0.25) is 0 Å². The summed E-state index contributed by atoms with van der Waals surface area (Å²) < 4.78 is 36.9. The second kappa shape index (κ2) is 4.41.